The Hall–Kier alpha value is -0.890. The van der Waals surface area contributed by atoms with Crippen molar-refractivity contribution in [3.05, 3.63) is 44.6 Å². The highest BCUT2D eigenvalue weighted by atomic mass is 79.9. The number of anilines is 1. The van der Waals surface area contributed by atoms with Gasteiger partial charge in [-0.2, -0.15) is 0 Å². The van der Waals surface area contributed by atoms with Gasteiger partial charge in [0.2, 0.25) is 10.0 Å². The Morgan fingerprint density at radius 2 is 2.14 bits per heavy atom. The Kier molecular flexibility index (Phi) is 5.08. The molecule has 1 aromatic heterocycles. The van der Waals surface area contributed by atoms with Crippen molar-refractivity contribution in [3.63, 3.8) is 0 Å². The molecule has 0 aliphatic heterocycles. The summed E-state index contributed by atoms with van der Waals surface area (Å²) in [5.41, 5.74) is 6.86. The number of sulfonamides is 1. The van der Waals surface area contributed by atoms with Gasteiger partial charge in [0.15, 0.2) is 0 Å². The first-order chi connectivity index (χ1) is 9.79. The van der Waals surface area contributed by atoms with Crippen molar-refractivity contribution in [2.45, 2.75) is 31.2 Å². The lowest BCUT2D eigenvalue weighted by molar-refractivity contribution is 0.560. The zero-order chi connectivity index (χ0) is 15.6. The summed E-state index contributed by atoms with van der Waals surface area (Å²) in [4.78, 5) is 1.37. The van der Waals surface area contributed by atoms with Crippen molar-refractivity contribution in [2.24, 2.45) is 0 Å². The minimum Gasteiger partial charge on any atom is -0.398 e. The van der Waals surface area contributed by atoms with Crippen LogP contribution in [0.4, 0.5) is 5.69 Å². The molecule has 1 atom stereocenters. The maximum Gasteiger partial charge on any atom is 0.241 e. The molecule has 114 valence electrons. The third kappa shape index (κ3) is 4.06. The molecule has 0 spiro atoms. The quantitative estimate of drug-likeness (QED) is 0.771. The number of nitrogens with one attached hydrogen (secondary N) is 1. The van der Waals surface area contributed by atoms with Gasteiger partial charge in [-0.3, -0.25) is 0 Å². The van der Waals surface area contributed by atoms with Gasteiger partial charge in [0, 0.05) is 21.1 Å². The van der Waals surface area contributed by atoms with Crippen LogP contribution in [-0.4, -0.2) is 14.5 Å². The molecule has 1 heterocycles. The molecule has 0 bridgehead atoms. The van der Waals surface area contributed by atoms with Crippen LogP contribution in [0.5, 0.6) is 0 Å². The van der Waals surface area contributed by atoms with Gasteiger partial charge in [-0.05, 0) is 65.3 Å². The summed E-state index contributed by atoms with van der Waals surface area (Å²) in [5, 5.41) is 1.98. The summed E-state index contributed by atoms with van der Waals surface area (Å²) in [6.07, 6.45) is 0.669. The Morgan fingerprint density at radius 3 is 2.76 bits per heavy atom. The van der Waals surface area contributed by atoms with Crippen LogP contribution in [0.15, 0.2) is 39.0 Å². The first kappa shape index (κ1) is 16.5. The summed E-state index contributed by atoms with van der Waals surface area (Å²) < 4.78 is 28.4. The summed E-state index contributed by atoms with van der Waals surface area (Å²) in [6, 6.07) is 6.98. The topological polar surface area (TPSA) is 72.2 Å². The Morgan fingerprint density at radius 1 is 1.43 bits per heavy atom. The lowest BCUT2D eigenvalue weighted by Crippen LogP contribution is -2.34. The number of hydrogen-bond acceptors (Lipinski definition) is 4. The molecule has 2 aromatic rings. The van der Waals surface area contributed by atoms with Crippen LogP contribution in [-0.2, 0) is 16.4 Å². The van der Waals surface area contributed by atoms with Crippen molar-refractivity contribution in [3.8, 4) is 0 Å². The van der Waals surface area contributed by atoms with E-state index in [9.17, 15) is 8.42 Å². The van der Waals surface area contributed by atoms with E-state index in [1.807, 2.05) is 24.4 Å². The van der Waals surface area contributed by atoms with Gasteiger partial charge in [-0.25, -0.2) is 13.1 Å². The second-order valence-electron chi connectivity index (χ2n) is 4.95. The standard InChI is InChI=1S/C14H17BrN2O2S2/c1-9-6-12(15)13(16)8-14(9)21(18,19)17-10(2)7-11-4-3-5-20-11/h3-6,8,10,17H,7,16H2,1-2H3. The van der Waals surface area contributed by atoms with Crippen LogP contribution in [0.2, 0.25) is 0 Å². The molecule has 0 fully saturated rings. The molecule has 3 N–H and O–H groups in total. The molecular formula is C14H17BrN2O2S2. The zero-order valence-corrected chi connectivity index (χ0v) is 15.0. The third-order valence-electron chi connectivity index (χ3n) is 3.03. The predicted molar refractivity (Wildman–Crippen MR) is 91.1 cm³/mol. The number of aryl methyl sites for hydroxylation is 1. The first-order valence-electron chi connectivity index (χ1n) is 6.40. The lowest BCUT2D eigenvalue weighted by Gasteiger charge is -2.15. The van der Waals surface area contributed by atoms with Gasteiger partial charge >= 0.3 is 0 Å². The van der Waals surface area contributed by atoms with E-state index in [1.165, 1.54) is 6.07 Å². The van der Waals surface area contributed by atoms with Gasteiger partial charge < -0.3 is 5.73 Å². The predicted octanol–water partition coefficient (Wildman–Crippen LogP) is 3.31. The smallest absolute Gasteiger partial charge is 0.241 e. The Balaban J connectivity index is 2.20. The summed E-state index contributed by atoms with van der Waals surface area (Å²) in [7, 11) is -3.58. The number of nitrogens with two attached hydrogens (primary N) is 1. The van der Waals surface area contributed by atoms with Crippen molar-refractivity contribution in [2.75, 3.05) is 5.73 Å². The van der Waals surface area contributed by atoms with E-state index in [0.717, 1.165) is 4.88 Å². The molecule has 0 saturated carbocycles. The van der Waals surface area contributed by atoms with E-state index in [-0.39, 0.29) is 10.9 Å². The van der Waals surface area contributed by atoms with E-state index in [0.29, 0.717) is 22.1 Å². The van der Waals surface area contributed by atoms with E-state index < -0.39 is 10.0 Å². The van der Waals surface area contributed by atoms with E-state index in [2.05, 4.69) is 20.7 Å². The fourth-order valence-electron chi connectivity index (χ4n) is 2.06. The molecule has 0 radical (unpaired) electrons. The number of thiophene rings is 1. The summed E-state index contributed by atoms with van der Waals surface area (Å²) in [5.74, 6) is 0. The molecular weight excluding hydrogens is 372 g/mol. The molecule has 0 aliphatic carbocycles. The maximum atomic E-state index is 12.5. The van der Waals surface area contributed by atoms with Crippen LogP contribution in [0.3, 0.4) is 0 Å². The van der Waals surface area contributed by atoms with Gasteiger partial charge in [0.1, 0.15) is 0 Å². The van der Waals surface area contributed by atoms with Crippen molar-refractivity contribution in [1.29, 1.82) is 0 Å². The molecule has 21 heavy (non-hydrogen) atoms. The monoisotopic (exact) mass is 388 g/mol. The SMILES string of the molecule is Cc1cc(Br)c(N)cc1S(=O)(=O)NC(C)Cc1cccs1. The number of benzene rings is 1. The largest absolute Gasteiger partial charge is 0.398 e. The summed E-state index contributed by atoms with van der Waals surface area (Å²) >= 11 is 4.92. The molecule has 4 nitrogen and oxygen atoms in total. The molecule has 0 aliphatic rings. The Bertz CT molecular complexity index is 728. The highest BCUT2D eigenvalue weighted by Gasteiger charge is 2.21. The minimum atomic E-state index is -3.58. The second kappa shape index (κ2) is 6.48. The van der Waals surface area contributed by atoms with E-state index >= 15 is 0 Å². The average molecular weight is 389 g/mol. The maximum absolute atomic E-state index is 12.5. The summed E-state index contributed by atoms with van der Waals surface area (Å²) in [6.45, 7) is 3.61. The van der Waals surface area contributed by atoms with Crippen molar-refractivity contribution < 1.29 is 8.42 Å². The van der Waals surface area contributed by atoms with E-state index in [1.54, 1.807) is 24.3 Å². The number of hydrogen-bond donors (Lipinski definition) is 2. The average Bonchev–Trinajstić information content (AvgIpc) is 2.85. The molecule has 0 amide bonds. The van der Waals surface area contributed by atoms with Crippen LogP contribution in [0.25, 0.3) is 0 Å². The molecule has 0 saturated heterocycles. The highest BCUT2D eigenvalue weighted by molar-refractivity contribution is 9.10. The number of rotatable bonds is 5. The number of nitrogen functional groups attached to an aromatic ring is 1. The molecule has 1 unspecified atom stereocenters. The van der Waals surface area contributed by atoms with E-state index in [4.69, 9.17) is 5.73 Å². The fraction of sp³-hybridized carbons (Fsp3) is 0.286. The molecule has 7 heteroatoms. The Labute approximate surface area is 137 Å². The zero-order valence-electron chi connectivity index (χ0n) is 11.8. The number of halogens is 1. The van der Waals surface area contributed by atoms with Crippen molar-refractivity contribution in [1.82, 2.24) is 4.72 Å². The van der Waals surface area contributed by atoms with Crippen LogP contribution >= 0.6 is 27.3 Å². The highest BCUT2D eigenvalue weighted by Crippen LogP contribution is 2.26. The third-order valence-corrected chi connectivity index (χ3v) is 6.34. The second-order valence-corrected chi connectivity index (χ2v) is 8.51. The lowest BCUT2D eigenvalue weighted by atomic mass is 10.2. The van der Waals surface area contributed by atoms with Gasteiger partial charge in [-0.1, -0.05) is 6.07 Å². The first-order valence-corrected chi connectivity index (χ1v) is 9.55. The van der Waals surface area contributed by atoms with Crippen LogP contribution in [0.1, 0.15) is 17.4 Å². The van der Waals surface area contributed by atoms with Gasteiger partial charge in [-0.15, -0.1) is 11.3 Å². The molecule has 2 rings (SSSR count). The van der Waals surface area contributed by atoms with Crippen LogP contribution < -0.4 is 10.5 Å². The normalized spacial score (nSPS) is 13.3. The van der Waals surface area contributed by atoms with Gasteiger partial charge in [0.05, 0.1) is 4.90 Å². The fourth-order valence-corrected chi connectivity index (χ4v) is 4.86. The van der Waals surface area contributed by atoms with Crippen LogP contribution in [0, 0.1) is 6.92 Å². The van der Waals surface area contributed by atoms with Crippen molar-refractivity contribution >= 4 is 43.0 Å². The molecule has 1 aromatic carbocycles. The minimum absolute atomic E-state index is 0.182. The van der Waals surface area contributed by atoms with Gasteiger partial charge in [0.25, 0.3) is 0 Å².